The SMILES string of the molecule is COC(=O)C1(Nc2ccc(Cl)c(Br)c2)CCN(C)CC1. The summed E-state index contributed by atoms with van der Waals surface area (Å²) < 4.78 is 5.80. The second-order valence-corrected chi connectivity index (χ2v) is 6.39. The van der Waals surface area contributed by atoms with Crippen LogP contribution in [0.2, 0.25) is 5.02 Å². The molecule has 1 aliphatic heterocycles. The molecule has 0 radical (unpaired) electrons. The number of carbonyl (C=O) groups excluding carboxylic acids is 1. The number of likely N-dealkylation sites (tertiary alicyclic amines) is 1. The maximum absolute atomic E-state index is 12.2. The van der Waals surface area contributed by atoms with Crippen LogP contribution in [-0.2, 0) is 9.53 Å². The first-order valence-electron chi connectivity index (χ1n) is 6.47. The van der Waals surface area contributed by atoms with E-state index in [4.69, 9.17) is 16.3 Å². The van der Waals surface area contributed by atoms with Crippen LogP contribution in [0.25, 0.3) is 0 Å². The summed E-state index contributed by atoms with van der Waals surface area (Å²) in [6.07, 6.45) is 1.44. The van der Waals surface area contributed by atoms with Crippen molar-refractivity contribution in [1.82, 2.24) is 4.90 Å². The molecule has 1 fully saturated rings. The third-order valence-corrected chi connectivity index (χ3v) is 4.93. The minimum Gasteiger partial charge on any atom is -0.467 e. The largest absolute Gasteiger partial charge is 0.467 e. The number of carbonyl (C=O) groups is 1. The van der Waals surface area contributed by atoms with Crippen LogP contribution in [0.3, 0.4) is 0 Å². The molecule has 0 spiro atoms. The van der Waals surface area contributed by atoms with E-state index in [0.717, 1.165) is 36.1 Å². The van der Waals surface area contributed by atoms with Crippen LogP contribution in [0.1, 0.15) is 12.8 Å². The molecule has 1 saturated heterocycles. The Morgan fingerprint density at radius 2 is 2.10 bits per heavy atom. The van der Waals surface area contributed by atoms with E-state index >= 15 is 0 Å². The number of hydrogen-bond acceptors (Lipinski definition) is 4. The van der Waals surface area contributed by atoms with Gasteiger partial charge in [-0.25, -0.2) is 4.79 Å². The average molecular weight is 362 g/mol. The lowest BCUT2D eigenvalue weighted by Crippen LogP contribution is -2.54. The molecule has 1 N–H and O–H groups in total. The van der Waals surface area contributed by atoms with E-state index in [-0.39, 0.29) is 5.97 Å². The lowest BCUT2D eigenvalue weighted by Gasteiger charge is -2.39. The van der Waals surface area contributed by atoms with E-state index in [0.29, 0.717) is 5.02 Å². The summed E-state index contributed by atoms with van der Waals surface area (Å²) in [5, 5.41) is 3.99. The van der Waals surface area contributed by atoms with Crippen molar-refractivity contribution in [3.8, 4) is 0 Å². The van der Waals surface area contributed by atoms with Crippen molar-refractivity contribution >= 4 is 39.2 Å². The number of rotatable bonds is 3. The first kappa shape index (κ1) is 15.6. The van der Waals surface area contributed by atoms with Gasteiger partial charge in [-0.1, -0.05) is 11.6 Å². The highest BCUT2D eigenvalue weighted by Gasteiger charge is 2.41. The highest BCUT2D eigenvalue weighted by atomic mass is 79.9. The van der Waals surface area contributed by atoms with Crippen LogP contribution in [0, 0.1) is 0 Å². The number of halogens is 2. The van der Waals surface area contributed by atoms with Gasteiger partial charge in [0.2, 0.25) is 0 Å². The number of esters is 1. The highest BCUT2D eigenvalue weighted by Crippen LogP contribution is 2.31. The van der Waals surface area contributed by atoms with Gasteiger partial charge in [0.05, 0.1) is 12.1 Å². The normalized spacial score (nSPS) is 18.6. The molecule has 110 valence electrons. The zero-order valence-electron chi connectivity index (χ0n) is 11.6. The summed E-state index contributed by atoms with van der Waals surface area (Å²) >= 11 is 9.39. The summed E-state index contributed by atoms with van der Waals surface area (Å²) in [5.41, 5.74) is 0.199. The van der Waals surface area contributed by atoms with E-state index < -0.39 is 5.54 Å². The van der Waals surface area contributed by atoms with Gasteiger partial charge < -0.3 is 15.0 Å². The Kier molecular flexibility index (Phi) is 4.94. The zero-order valence-corrected chi connectivity index (χ0v) is 13.9. The standard InChI is InChI=1S/C14H18BrClN2O2/c1-18-7-5-14(6-8-18,13(19)20-2)17-10-3-4-12(16)11(15)9-10/h3-4,9,17H,5-8H2,1-2H3. The van der Waals surface area contributed by atoms with Crippen LogP contribution < -0.4 is 5.32 Å². The predicted molar refractivity (Wildman–Crippen MR) is 84.3 cm³/mol. The molecule has 20 heavy (non-hydrogen) atoms. The Hall–Kier alpha value is -0.780. The number of anilines is 1. The quantitative estimate of drug-likeness (QED) is 0.840. The van der Waals surface area contributed by atoms with E-state index in [2.05, 4.69) is 33.2 Å². The van der Waals surface area contributed by atoms with Gasteiger partial charge in [0.25, 0.3) is 0 Å². The summed E-state index contributed by atoms with van der Waals surface area (Å²) in [6.45, 7) is 1.72. The van der Waals surface area contributed by atoms with Crippen LogP contribution in [0.5, 0.6) is 0 Å². The smallest absolute Gasteiger partial charge is 0.331 e. The van der Waals surface area contributed by atoms with E-state index in [1.165, 1.54) is 7.11 Å². The lowest BCUT2D eigenvalue weighted by molar-refractivity contribution is -0.147. The van der Waals surface area contributed by atoms with Gasteiger partial charge in [-0.2, -0.15) is 0 Å². The monoisotopic (exact) mass is 360 g/mol. The summed E-state index contributed by atoms with van der Waals surface area (Å²) in [6, 6.07) is 5.55. The number of piperidine rings is 1. The molecular weight excluding hydrogens is 344 g/mol. The molecule has 2 rings (SSSR count). The Morgan fingerprint density at radius 3 is 2.65 bits per heavy atom. The molecule has 4 nitrogen and oxygen atoms in total. The number of nitrogens with zero attached hydrogens (tertiary/aromatic N) is 1. The van der Waals surface area contributed by atoms with Crippen molar-refractivity contribution in [3.05, 3.63) is 27.7 Å². The number of nitrogens with one attached hydrogen (secondary N) is 1. The molecule has 6 heteroatoms. The maximum Gasteiger partial charge on any atom is 0.331 e. The second-order valence-electron chi connectivity index (χ2n) is 5.13. The minimum atomic E-state index is -0.658. The van der Waals surface area contributed by atoms with E-state index in [1.807, 2.05) is 12.1 Å². The van der Waals surface area contributed by atoms with Gasteiger partial charge in [-0.3, -0.25) is 0 Å². The molecule has 0 amide bonds. The van der Waals surface area contributed by atoms with Crippen molar-refractivity contribution in [1.29, 1.82) is 0 Å². The average Bonchev–Trinajstić information content (AvgIpc) is 2.45. The molecule has 0 saturated carbocycles. The number of hydrogen-bond donors (Lipinski definition) is 1. The van der Waals surface area contributed by atoms with Crippen molar-refractivity contribution in [2.45, 2.75) is 18.4 Å². The molecule has 1 aromatic rings. The molecule has 0 unspecified atom stereocenters. The number of methoxy groups -OCH3 is 1. The van der Waals surface area contributed by atoms with Gasteiger partial charge in [0, 0.05) is 23.2 Å². The summed E-state index contributed by atoms with van der Waals surface area (Å²) in [5.74, 6) is -0.211. The summed E-state index contributed by atoms with van der Waals surface area (Å²) in [4.78, 5) is 14.4. The first-order chi connectivity index (χ1) is 9.47. The Bertz CT molecular complexity index is 502. The molecule has 1 heterocycles. The predicted octanol–water partition coefficient (Wildman–Crippen LogP) is 3.15. The van der Waals surface area contributed by atoms with Crippen LogP contribution in [0.4, 0.5) is 5.69 Å². The van der Waals surface area contributed by atoms with Crippen molar-refractivity contribution in [3.63, 3.8) is 0 Å². The van der Waals surface area contributed by atoms with Crippen molar-refractivity contribution < 1.29 is 9.53 Å². The molecule has 0 aliphatic carbocycles. The van der Waals surface area contributed by atoms with Gasteiger partial charge >= 0.3 is 5.97 Å². The minimum absolute atomic E-state index is 0.211. The number of benzene rings is 1. The second kappa shape index (κ2) is 6.33. The van der Waals surface area contributed by atoms with Crippen LogP contribution in [-0.4, -0.2) is 43.7 Å². The first-order valence-corrected chi connectivity index (χ1v) is 7.64. The van der Waals surface area contributed by atoms with Gasteiger partial charge in [0.15, 0.2) is 0 Å². The topological polar surface area (TPSA) is 41.6 Å². The lowest BCUT2D eigenvalue weighted by atomic mass is 9.87. The summed E-state index contributed by atoms with van der Waals surface area (Å²) in [7, 11) is 3.49. The van der Waals surface area contributed by atoms with Crippen molar-refractivity contribution in [2.75, 3.05) is 32.6 Å². The van der Waals surface area contributed by atoms with Gasteiger partial charge in [-0.05, 0) is 54.0 Å². The fourth-order valence-electron chi connectivity index (χ4n) is 2.43. The Morgan fingerprint density at radius 1 is 1.45 bits per heavy atom. The maximum atomic E-state index is 12.2. The molecule has 1 aliphatic rings. The van der Waals surface area contributed by atoms with Gasteiger partial charge in [0.1, 0.15) is 5.54 Å². The Labute approximate surface area is 132 Å². The third-order valence-electron chi connectivity index (χ3n) is 3.72. The third kappa shape index (κ3) is 3.27. The van der Waals surface area contributed by atoms with Crippen LogP contribution in [0.15, 0.2) is 22.7 Å². The van der Waals surface area contributed by atoms with E-state index in [9.17, 15) is 4.79 Å². The Balaban J connectivity index is 2.23. The fourth-order valence-corrected chi connectivity index (χ4v) is 2.92. The fraction of sp³-hybridized carbons (Fsp3) is 0.500. The molecule has 0 aromatic heterocycles. The zero-order chi connectivity index (χ0) is 14.8. The molecule has 1 aromatic carbocycles. The van der Waals surface area contributed by atoms with E-state index in [1.54, 1.807) is 6.07 Å². The molecular formula is C14H18BrClN2O2. The van der Waals surface area contributed by atoms with Crippen molar-refractivity contribution in [2.24, 2.45) is 0 Å². The van der Waals surface area contributed by atoms with Crippen LogP contribution >= 0.6 is 27.5 Å². The van der Waals surface area contributed by atoms with Gasteiger partial charge in [-0.15, -0.1) is 0 Å². The number of ether oxygens (including phenoxy) is 1. The highest BCUT2D eigenvalue weighted by molar-refractivity contribution is 9.10. The molecule has 0 atom stereocenters. The molecule has 0 bridgehead atoms.